The molecule has 1 aliphatic heterocycles. The molecule has 3 nitrogen and oxygen atoms in total. The Labute approximate surface area is 124 Å². The molecule has 0 saturated heterocycles. The van der Waals surface area contributed by atoms with E-state index >= 15 is 0 Å². The van der Waals surface area contributed by atoms with Gasteiger partial charge in [-0.25, -0.2) is 0 Å². The lowest BCUT2D eigenvalue weighted by Crippen LogP contribution is -2.40. The van der Waals surface area contributed by atoms with Crippen LogP contribution in [0.2, 0.25) is 0 Å². The van der Waals surface area contributed by atoms with Gasteiger partial charge in [0.1, 0.15) is 0 Å². The third-order valence-corrected chi connectivity index (χ3v) is 4.02. The summed E-state index contributed by atoms with van der Waals surface area (Å²) >= 11 is 0. The van der Waals surface area contributed by atoms with Crippen molar-refractivity contribution in [2.24, 2.45) is 5.92 Å². The van der Waals surface area contributed by atoms with E-state index in [4.69, 9.17) is 0 Å². The number of benzene rings is 2. The van der Waals surface area contributed by atoms with Crippen molar-refractivity contribution in [1.82, 2.24) is 4.90 Å². The lowest BCUT2D eigenvalue weighted by atomic mass is 9.94. The van der Waals surface area contributed by atoms with Crippen molar-refractivity contribution in [1.29, 1.82) is 0 Å². The summed E-state index contributed by atoms with van der Waals surface area (Å²) < 4.78 is 0. The highest BCUT2D eigenvalue weighted by atomic mass is 16.2. The van der Waals surface area contributed by atoms with Crippen LogP contribution in [-0.2, 0) is 0 Å². The maximum Gasteiger partial charge on any atom is 0.261 e. The van der Waals surface area contributed by atoms with Gasteiger partial charge in [0.05, 0.1) is 0 Å². The first-order valence-electron chi connectivity index (χ1n) is 7.47. The summed E-state index contributed by atoms with van der Waals surface area (Å²) in [4.78, 5) is 26.6. The maximum atomic E-state index is 12.6. The number of carbonyl (C=O) groups excluding carboxylic acids is 2. The Hall–Kier alpha value is -2.16. The highest BCUT2D eigenvalue weighted by Gasteiger charge is 2.31. The van der Waals surface area contributed by atoms with Crippen LogP contribution < -0.4 is 0 Å². The van der Waals surface area contributed by atoms with Gasteiger partial charge >= 0.3 is 0 Å². The van der Waals surface area contributed by atoms with E-state index in [1.807, 2.05) is 36.4 Å². The largest absolute Gasteiger partial charge is 0.274 e. The van der Waals surface area contributed by atoms with Crippen molar-refractivity contribution in [2.75, 3.05) is 6.54 Å². The summed E-state index contributed by atoms with van der Waals surface area (Å²) in [5, 5.41) is 1.75. The summed E-state index contributed by atoms with van der Waals surface area (Å²) in [5.41, 5.74) is 1.29. The summed E-state index contributed by atoms with van der Waals surface area (Å²) in [6, 6.07) is 11.3. The van der Waals surface area contributed by atoms with Gasteiger partial charge in [-0.2, -0.15) is 0 Å². The van der Waals surface area contributed by atoms with E-state index in [-0.39, 0.29) is 11.8 Å². The van der Waals surface area contributed by atoms with Crippen LogP contribution in [0.3, 0.4) is 0 Å². The molecule has 2 aromatic carbocycles. The molecule has 0 bridgehead atoms. The Morgan fingerprint density at radius 1 is 0.952 bits per heavy atom. The van der Waals surface area contributed by atoms with Gasteiger partial charge in [0, 0.05) is 23.1 Å². The second-order valence-corrected chi connectivity index (χ2v) is 6.01. The van der Waals surface area contributed by atoms with Gasteiger partial charge in [0.15, 0.2) is 0 Å². The van der Waals surface area contributed by atoms with Gasteiger partial charge in [-0.05, 0) is 36.3 Å². The Balaban J connectivity index is 1.99. The van der Waals surface area contributed by atoms with E-state index < -0.39 is 0 Å². The number of imide groups is 1. The Morgan fingerprint density at radius 2 is 1.52 bits per heavy atom. The molecule has 0 aromatic heterocycles. The number of hydrogen-bond acceptors (Lipinski definition) is 2. The fourth-order valence-electron chi connectivity index (χ4n) is 2.94. The fourth-order valence-corrected chi connectivity index (χ4v) is 2.94. The van der Waals surface area contributed by atoms with E-state index in [1.54, 1.807) is 0 Å². The van der Waals surface area contributed by atoms with Crippen molar-refractivity contribution < 1.29 is 9.59 Å². The predicted molar refractivity (Wildman–Crippen MR) is 83.4 cm³/mol. The van der Waals surface area contributed by atoms with E-state index in [2.05, 4.69) is 13.8 Å². The second-order valence-electron chi connectivity index (χ2n) is 6.01. The van der Waals surface area contributed by atoms with E-state index in [0.29, 0.717) is 23.6 Å². The van der Waals surface area contributed by atoms with Gasteiger partial charge in [0.2, 0.25) is 0 Å². The van der Waals surface area contributed by atoms with Crippen molar-refractivity contribution >= 4 is 22.6 Å². The molecule has 0 saturated carbocycles. The first kappa shape index (κ1) is 13.8. The zero-order chi connectivity index (χ0) is 15.0. The Bertz CT molecular complexity index is 667. The van der Waals surface area contributed by atoms with Crippen LogP contribution in [0.25, 0.3) is 10.8 Å². The Morgan fingerprint density at radius 3 is 2.05 bits per heavy atom. The van der Waals surface area contributed by atoms with Crippen molar-refractivity contribution in [3.8, 4) is 0 Å². The fraction of sp³-hybridized carbons (Fsp3) is 0.333. The molecule has 2 aromatic rings. The normalized spacial score (nSPS) is 14.3. The zero-order valence-corrected chi connectivity index (χ0v) is 12.4. The summed E-state index contributed by atoms with van der Waals surface area (Å²) in [5.74, 6) is 0.261. The second kappa shape index (κ2) is 5.32. The SMILES string of the molecule is CC(C)CCCN1C(=O)c2cccc3cccc(c23)C1=O. The van der Waals surface area contributed by atoms with Gasteiger partial charge in [-0.1, -0.05) is 38.1 Å². The molecule has 21 heavy (non-hydrogen) atoms. The maximum absolute atomic E-state index is 12.6. The average Bonchev–Trinajstić information content (AvgIpc) is 2.47. The minimum Gasteiger partial charge on any atom is -0.274 e. The molecule has 108 valence electrons. The van der Waals surface area contributed by atoms with Gasteiger partial charge in [-0.15, -0.1) is 0 Å². The third-order valence-electron chi connectivity index (χ3n) is 4.02. The van der Waals surface area contributed by atoms with Crippen LogP contribution >= 0.6 is 0 Å². The molecule has 0 N–H and O–H groups in total. The molecular formula is C18H19NO2. The molecule has 0 atom stereocenters. The van der Waals surface area contributed by atoms with Crippen molar-refractivity contribution in [3.63, 3.8) is 0 Å². The predicted octanol–water partition coefficient (Wildman–Crippen LogP) is 3.87. The highest BCUT2D eigenvalue weighted by molar-refractivity contribution is 6.25. The number of nitrogens with zero attached hydrogens (tertiary/aromatic N) is 1. The van der Waals surface area contributed by atoms with Crippen LogP contribution in [0, 0.1) is 5.92 Å². The number of amides is 2. The average molecular weight is 281 g/mol. The molecule has 0 fully saturated rings. The van der Waals surface area contributed by atoms with Crippen LogP contribution in [0.4, 0.5) is 0 Å². The molecule has 3 rings (SSSR count). The number of rotatable bonds is 4. The van der Waals surface area contributed by atoms with Crippen LogP contribution in [0.15, 0.2) is 36.4 Å². The molecule has 3 heteroatoms. The molecule has 0 aliphatic carbocycles. The molecule has 1 aliphatic rings. The summed E-state index contributed by atoms with van der Waals surface area (Å²) in [6.45, 7) is 4.80. The molecule has 2 amide bonds. The zero-order valence-electron chi connectivity index (χ0n) is 12.4. The highest BCUT2D eigenvalue weighted by Crippen LogP contribution is 2.30. The van der Waals surface area contributed by atoms with Crippen LogP contribution in [0.1, 0.15) is 47.4 Å². The number of carbonyl (C=O) groups is 2. The first-order valence-corrected chi connectivity index (χ1v) is 7.47. The van der Waals surface area contributed by atoms with E-state index in [9.17, 15) is 9.59 Å². The monoisotopic (exact) mass is 281 g/mol. The van der Waals surface area contributed by atoms with Crippen LogP contribution in [-0.4, -0.2) is 23.3 Å². The number of hydrogen-bond donors (Lipinski definition) is 0. The lowest BCUT2D eigenvalue weighted by Gasteiger charge is -2.27. The summed E-state index contributed by atoms with van der Waals surface area (Å²) in [6.07, 6.45) is 1.87. The Kier molecular flexibility index (Phi) is 3.50. The molecular weight excluding hydrogens is 262 g/mol. The third kappa shape index (κ3) is 2.33. The van der Waals surface area contributed by atoms with Gasteiger partial charge < -0.3 is 0 Å². The van der Waals surface area contributed by atoms with Crippen molar-refractivity contribution in [3.05, 3.63) is 47.5 Å². The topological polar surface area (TPSA) is 37.4 Å². The van der Waals surface area contributed by atoms with E-state index in [1.165, 1.54) is 4.90 Å². The minimum atomic E-state index is -0.159. The molecule has 0 radical (unpaired) electrons. The molecule has 0 unspecified atom stereocenters. The van der Waals surface area contributed by atoms with E-state index in [0.717, 1.165) is 23.6 Å². The molecule has 1 heterocycles. The van der Waals surface area contributed by atoms with Gasteiger partial charge in [0.25, 0.3) is 11.8 Å². The standard InChI is InChI=1S/C18H19NO2/c1-12(2)6-5-11-19-17(20)14-9-3-7-13-8-4-10-15(16(13)14)18(19)21/h3-4,7-10,12H,5-6,11H2,1-2H3. The van der Waals surface area contributed by atoms with Crippen LogP contribution in [0.5, 0.6) is 0 Å². The minimum absolute atomic E-state index is 0.159. The smallest absolute Gasteiger partial charge is 0.261 e. The first-order chi connectivity index (χ1) is 10.1. The quantitative estimate of drug-likeness (QED) is 0.798. The van der Waals surface area contributed by atoms with Crippen molar-refractivity contribution in [2.45, 2.75) is 26.7 Å². The summed E-state index contributed by atoms with van der Waals surface area (Å²) in [7, 11) is 0. The van der Waals surface area contributed by atoms with Gasteiger partial charge in [-0.3, -0.25) is 14.5 Å². The molecule has 0 spiro atoms. The lowest BCUT2D eigenvalue weighted by molar-refractivity contribution is 0.0606.